The summed E-state index contributed by atoms with van der Waals surface area (Å²) in [6.45, 7) is 6.18. The lowest BCUT2D eigenvalue weighted by Crippen LogP contribution is -2.28. The van der Waals surface area contributed by atoms with Gasteiger partial charge in [-0.2, -0.15) is 0 Å². The zero-order valence-corrected chi connectivity index (χ0v) is 18.3. The van der Waals surface area contributed by atoms with Gasteiger partial charge in [-0.1, -0.05) is 48.0 Å². The van der Waals surface area contributed by atoms with Gasteiger partial charge in [0.25, 0.3) is 0 Å². The van der Waals surface area contributed by atoms with Crippen molar-refractivity contribution in [2.45, 2.75) is 33.3 Å². The molecular weight excluding hydrogens is 410 g/mol. The molecule has 0 amide bonds. The van der Waals surface area contributed by atoms with Crippen LogP contribution in [-0.2, 0) is 25.6 Å². The highest BCUT2D eigenvalue weighted by molar-refractivity contribution is 5.95. The number of hydrogen-bond acceptors (Lipinski definition) is 7. The topological polar surface area (TPSA) is 83.1 Å². The Morgan fingerprint density at radius 1 is 1.12 bits per heavy atom. The van der Waals surface area contributed by atoms with E-state index in [0.717, 1.165) is 5.56 Å². The minimum atomic E-state index is -0.831. The minimum absolute atomic E-state index is 0.140. The minimum Gasteiger partial charge on any atom is -0.489 e. The van der Waals surface area contributed by atoms with Crippen LogP contribution >= 0.6 is 0 Å². The number of allylic oxidation sites excluding steroid dienone is 2. The number of carbonyl (C=O) groups is 2. The molecule has 2 aliphatic rings. The molecule has 7 nitrogen and oxygen atoms in total. The summed E-state index contributed by atoms with van der Waals surface area (Å²) in [5.74, 6) is -0.250. The molecule has 4 rings (SSSR count). The standard InChI is InChI=1S/C25H25NO6/c1-4-29-25(28)32-23-16(3)26-19-14-31-24(27)22(19)21(23)18-7-5-6-8-20(18)30-13-17-11-9-15(2)10-12-17/h5-12,21,26H,4,13-14H2,1-3H3. The Morgan fingerprint density at radius 2 is 1.88 bits per heavy atom. The summed E-state index contributed by atoms with van der Waals surface area (Å²) in [5.41, 5.74) is 4.55. The maximum atomic E-state index is 12.6. The van der Waals surface area contributed by atoms with Gasteiger partial charge < -0.3 is 24.3 Å². The molecule has 0 spiro atoms. The van der Waals surface area contributed by atoms with Crippen molar-refractivity contribution in [2.24, 2.45) is 0 Å². The van der Waals surface area contributed by atoms with E-state index in [2.05, 4.69) is 5.32 Å². The fourth-order valence-electron chi connectivity index (χ4n) is 3.81. The van der Waals surface area contributed by atoms with Gasteiger partial charge in [0.15, 0.2) is 0 Å². The highest BCUT2D eigenvalue weighted by atomic mass is 16.7. The SMILES string of the molecule is CCOC(=O)OC1=C(C)NC2=C(C(=O)OC2)C1c1ccccc1OCc1ccc(C)cc1. The van der Waals surface area contributed by atoms with Crippen LogP contribution in [0.25, 0.3) is 0 Å². The molecule has 0 fully saturated rings. The number of nitrogens with one attached hydrogen (secondary N) is 1. The maximum absolute atomic E-state index is 12.6. The normalized spacial score (nSPS) is 17.5. The zero-order chi connectivity index (χ0) is 22.7. The van der Waals surface area contributed by atoms with Crippen LogP contribution in [0.3, 0.4) is 0 Å². The Bertz CT molecular complexity index is 1100. The van der Waals surface area contributed by atoms with Crippen molar-refractivity contribution in [3.8, 4) is 5.75 Å². The fraction of sp³-hybridized carbons (Fsp3) is 0.280. The average Bonchev–Trinajstić information content (AvgIpc) is 3.14. The predicted molar refractivity (Wildman–Crippen MR) is 117 cm³/mol. The number of ether oxygens (including phenoxy) is 4. The molecule has 2 aliphatic heterocycles. The number of rotatable bonds is 6. The molecule has 0 bridgehead atoms. The monoisotopic (exact) mass is 435 g/mol. The Balaban J connectivity index is 1.71. The van der Waals surface area contributed by atoms with Crippen molar-refractivity contribution in [3.63, 3.8) is 0 Å². The molecule has 1 N–H and O–H groups in total. The summed E-state index contributed by atoms with van der Waals surface area (Å²) in [5, 5.41) is 3.13. The molecule has 0 saturated heterocycles. The van der Waals surface area contributed by atoms with E-state index in [1.165, 1.54) is 5.56 Å². The Hall–Kier alpha value is -3.74. The molecule has 1 atom stereocenters. The van der Waals surface area contributed by atoms with E-state index in [9.17, 15) is 9.59 Å². The number of esters is 1. The number of carbonyl (C=O) groups excluding carboxylic acids is 2. The van der Waals surface area contributed by atoms with Crippen LogP contribution in [0.1, 0.15) is 36.5 Å². The highest BCUT2D eigenvalue weighted by Crippen LogP contribution is 2.44. The van der Waals surface area contributed by atoms with Gasteiger partial charge >= 0.3 is 12.1 Å². The number of cyclic esters (lactones) is 1. The maximum Gasteiger partial charge on any atom is 0.513 e. The van der Waals surface area contributed by atoms with E-state index < -0.39 is 18.0 Å². The van der Waals surface area contributed by atoms with Gasteiger partial charge in [0.05, 0.1) is 29.5 Å². The van der Waals surface area contributed by atoms with E-state index >= 15 is 0 Å². The smallest absolute Gasteiger partial charge is 0.489 e. The molecular formula is C25H25NO6. The van der Waals surface area contributed by atoms with Crippen LogP contribution in [0.2, 0.25) is 0 Å². The van der Waals surface area contributed by atoms with Crippen LogP contribution in [-0.4, -0.2) is 25.3 Å². The fourth-order valence-corrected chi connectivity index (χ4v) is 3.81. The number of para-hydroxylation sites is 1. The molecule has 0 aliphatic carbocycles. The van der Waals surface area contributed by atoms with E-state index in [1.54, 1.807) is 13.8 Å². The molecule has 0 saturated carbocycles. The molecule has 0 aromatic heterocycles. The summed E-state index contributed by atoms with van der Waals surface area (Å²) in [7, 11) is 0. The van der Waals surface area contributed by atoms with E-state index in [1.807, 2.05) is 55.5 Å². The summed E-state index contributed by atoms with van der Waals surface area (Å²) in [6.07, 6.45) is -0.831. The van der Waals surface area contributed by atoms with Gasteiger partial charge in [-0.05, 0) is 32.4 Å². The van der Waals surface area contributed by atoms with Gasteiger partial charge in [-0.3, -0.25) is 0 Å². The molecule has 166 valence electrons. The van der Waals surface area contributed by atoms with Crippen molar-refractivity contribution < 1.29 is 28.5 Å². The second-order valence-electron chi connectivity index (χ2n) is 7.61. The molecule has 2 aromatic rings. The third-order valence-electron chi connectivity index (χ3n) is 5.35. The van der Waals surface area contributed by atoms with Crippen LogP contribution in [0.15, 0.2) is 71.3 Å². The first kappa shape index (κ1) is 21.5. The first-order chi connectivity index (χ1) is 15.5. The molecule has 0 radical (unpaired) electrons. The van der Waals surface area contributed by atoms with Crippen molar-refractivity contribution in [1.82, 2.24) is 5.32 Å². The Morgan fingerprint density at radius 3 is 2.62 bits per heavy atom. The van der Waals surface area contributed by atoms with Gasteiger partial charge in [-0.15, -0.1) is 0 Å². The molecule has 2 heterocycles. The van der Waals surface area contributed by atoms with Crippen LogP contribution in [0.5, 0.6) is 5.75 Å². The quantitative estimate of drug-likeness (QED) is 0.670. The molecule has 2 aromatic carbocycles. The second kappa shape index (κ2) is 9.18. The van der Waals surface area contributed by atoms with Crippen LogP contribution < -0.4 is 10.1 Å². The number of dihydropyridines is 1. The zero-order valence-electron chi connectivity index (χ0n) is 18.3. The molecule has 32 heavy (non-hydrogen) atoms. The van der Waals surface area contributed by atoms with Gasteiger partial charge in [0, 0.05) is 5.56 Å². The third-order valence-corrected chi connectivity index (χ3v) is 5.35. The number of benzene rings is 2. The Kier molecular flexibility index (Phi) is 6.16. The Labute approximate surface area is 186 Å². The molecule has 1 unspecified atom stereocenters. The summed E-state index contributed by atoms with van der Waals surface area (Å²) in [6, 6.07) is 15.5. The van der Waals surface area contributed by atoms with E-state index in [4.69, 9.17) is 18.9 Å². The van der Waals surface area contributed by atoms with Gasteiger partial charge in [-0.25, -0.2) is 9.59 Å². The predicted octanol–water partition coefficient (Wildman–Crippen LogP) is 4.48. The molecule has 7 heteroatoms. The summed E-state index contributed by atoms with van der Waals surface area (Å²) in [4.78, 5) is 24.8. The summed E-state index contributed by atoms with van der Waals surface area (Å²) < 4.78 is 21.9. The lowest BCUT2D eigenvalue weighted by atomic mass is 9.85. The van der Waals surface area contributed by atoms with Crippen molar-refractivity contribution in [2.75, 3.05) is 13.2 Å². The van der Waals surface area contributed by atoms with E-state index in [0.29, 0.717) is 34.9 Å². The second-order valence-corrected chi connectivity index (χ2v) is 7.61. The third kappa shape index (κ3) is 4.32. The van der Waals surface area contributed by atoms with Crippen molar-refractivity contribution in [1.29, 1.82) is 0 Å². The van der Waals surface area contributed by atoms with Crippen molar-refractivity contribution in [3.05, 3.63) is 87.9 Å². The number of aryl methyl sites for hydroxylation is 1. The van der Waals surface area contributed by atoms with Crippen molar-refractivity contribution >= 4 is 12.1 Å². The van der Waals surface area contributed by atoms with Gasteiger partial charge in [0.2, 0.25) is 0 Å². The van der Waals surface area contributed by atoms with Crippen LogP contribution in [0, 0.1) is 6.92 Å². The van der Waals surface area contributed by atoms with Crippen LogP contribution in [0.4, 0.5) is 4.79 Å². The van der Waals surface area contributed by atoms with E-state index in [-0.39, 0.29) is 19.0 Å². The average molecular weight is 435 g/mol. The highest BCUT2D eigenvalue weighted by Gasteiger charge is 2.42. The number of hydrogen-bond donors (Lipinski definition) is 1. The first-order valence-corrected chi connectivity index (χ1v) is 10.5. The first-order valence-electron chi connectivity index (χ1n) is 10.5. The summed E-state index contributed by atoms with van der Waals surface area (Å²) >= 11 is 0. The largest absolute Gasteiger partial charge is 0.513 e. The lowest BCUT2D eigenvalue weighted by Gasteiger charge is -2.28. The lowest BCUT2D eigenvalue weighted by molar-refractivity contribution is -0.136. The van der Waals surface area contributed by atoms with Gasteiger partial charge in [0.1, 0.15) is 24.7 Å².